The fraction of sp³-hybridized carbons (Fsp3) is 0.0714. The van der Waals surface area contributed by atoms with Gasteiger partial charge in [0.1, 0.15) is 22.9 Å². The average Bonchev–Trinajstić information content (AvgIpc) is 2.79. The molecule has 4 nitrogen and oxygen atoms in total. The molecule has 0 bridgehead atoms. The van der Waals surface area contributed by atoms with Crippen LogP contribution in [0.25, 0.3) is 11.1 Å². The van der Waals surface area contributed by atoms with Gasteiger partial charge in [0.05, 0.1) is 15.7 Å². The van der Waals surface area contributed by atoms with E-state index in [1.54, 1.807) is 18.2 Å². The first-order valence-corrected chi connectivity index (χ1v) is 7.33. The summed E-state index contributed by atoms with van der Waals surface area (Å²) in [5.41, 5.74) is 7.22. The maximum Gasteiger partial charge on any atom is 0.208 e. The SMILES string of the molecule is Nc1ccc2oc(CS(=O)c3ccc(F)cc3F)nc2c1. The lowest BCUT2D eigenvalue weighted by Gasteiger charge is -2.01. The zero-order chi connectivity index (χ0) is 15.0. The van der Waals surface area contributed by atoms with Crippen molar-refractivity contribution in [2.24, 2.45) is 0 Å². The van der Waals surface area contributed by atoms with Crippen molar-refractivity contribution in [3.63, 3.8) is 0 Å². The van der Waals surface area contributed by atoms with Gasteiger partial charge in [0.25, 0.3) is 0 Å². The molecular formula is C14H10F2N2O2S. The van der Waals surface area contributed by atoms with Crippen LogP contribution in [0.2, 0.25) is 0 Å². The highest BCUT2D eigenvalue weighted by Crippen LogP contribution is 2.21. The number of fused-ring (bicyclic) bond motifs is 1. The third-order valence-electron chi connectivity index (χ3n) is 2.85. The van der Waals surface area contributed by atoms with Crippen LogP contribution >= 0.6 is 0 Å². The third-order valence-corrected chi connectivity index (χ3v) is 4.18. The van der Waals surface area contributed by atoms with Crippen LogP contribution in [0, 0.1) is 11.6 Å². The zero-order valence-corrected chi connectivity index (χ0v) is 11.5. The molecule has 0 spiro atoms. The van der Waals surface area contributed by atoms with Crippen LogP contribution in [-0.4, -0.2) is 9.19 Å². The van der Waals surface area contributed by atoms with E-state index < -0.39 is 22.4 Å². The van der Waals surface area contributed by atoms with Gasteiger partial charge in [0.2, 0.25) is 5.89 Å². The van der Waals surface area contributed by atoms with Crippen molar-refractivity contribution in [2.75, 3.05) is 5.73 Å². The van der Waals surface area contributed by atoms with Crippen molar-refractivity contribution < 1.29 is 17.4 Å². The van der Waals surface area contributed by atoms with Crippen LogP contribution in [0.3, 0.4) is 0 Å². The summed E-state index contributed by atoms with van der Waals surface area (Å²) in [6.45, 7) is 0. The second-order valence-corrected chi connectivity index (χ2v) is 5.82. The highest BCUT2D eigenvalue weighted by atomic mass is 32.2. The summed E-state index contributed by atoms with van der Waals surface area (Å²) in [5.74, 6) is -1.46. The molecule has 1 atom stereocenters. The average molecular weight is 308 g/mol. The van der Waals surface area contributed by atoms with Crippen LogP contribution in [-0.2, 0) is 16.6 Å². The van der Waals surface area contributed by atoms with E-state index in [0.717, 1.165) is 12.1 Å². The van der Waals surface area contributed by atoms with E-state index in [4.69, 9.17) is 10.2 Å². The Labute approximate surface area is 121 Å². The van der Waals surface area contributed by atoms with Gasteiger partial charge in [0.15, 0.2) is 5.58 Å². The Kier molecular flexibility index (Phi) is 3.42. The number of rotatable bonds is 3. The van der Waals surface area contributed by atoms with E-state index in [1.165, 1.54) is 0 Å². The molecule has 2 aromatic carbocycles. The third kappa shape index (κ3) is 2.78. The molecule has 0 saturated heterocycles. The molecule has 0 aliphatic heterocycles. The van der Waals surface area contributed by atoms with Crippen molar-refractivity contribution in [1.82, 2.24) is 4.98 Å². The topological polar surface area (TPSA) is 69.1 Å². The molecule has 0 aliphatic carbocycles. The van der Waals surface area contributed by atoms with E-state index in [1.807, 2.05) is 0 Å². The maximum atomic E-state index is 13.6. The van der Waals surface area contributed by atoms with Gasteiger partial charge in [0, 0.05) is 11.8 Å². The monoisotopic (exact) mass is 308 g/mol. The minimum Gasteiger partial charge on any atom is -0.440 e. The molecule has 108 valence electrons. The largest absolute Gasteiger partial charge is 0.440 e. The highest BCUT2D eigenvalue weighted by Gasteiger charge is 2.15. The van der Waals surface area contributed by atoms with Crippen molar-refractivity contribution >= 4 is 27.6 Å². The molecule has 3 rings (SSSR count). The van der Waals surface area contributed by atoms with Gasteiger partial charge >= 0.3 is 0 Å². The Hall–Kier alpha value is -2.28. The first-order valence-electron chi connectivity index (χ1n) is 6.01. The molecule has 1 heterocycles. The predicted molar refractivity (Wildman–Crippen MR) is 74.9 cm³/mol. The van der Waals surface area contributed by atoms with Gasteiger partial charge in [-0.3, -0.25) is 4.21 Å². The number of nitrogens with two attached hydrogens (primary N) is 1. The molecule has 3 aromatic rings. The second-order valence-electron chi connectivity index (χ2n) is 4.40. The first-order chi connectivity index (χ1) is 10.0. The molecular weight excluding hydrogens is 298 g/mol. The highest BCUT2D eigenvalue weighted by molar-refractivity contribution is 7.84. The van der Waals surface area contributed by atoms with E-state index >= 15 is 0 Å². The Morgan fingerprint density at radius 1 is 1.19 bits per heavy atom. The second kappa shape index (κ2) is 5.25. The number of benzene rings is 2. The quantitative estimate of drug-likeness (QED) is 0.755. The molecule has 0 amide bonds. The Morgan fingerprint density at radius 2 is 2.00 bits per heavy atom. The normalized spacial score (nSPS) is 12.7. The predicted octanol–water partition coefficient (Wildman–Crippen LogP) is 3.00. The molecule has 1 unspecified atom stereocenters. The molecule has 2 N–H and O–H groups in total. The minimum atomic E-state index is -1.72. The molecule has 0 aliphatic rings. The van der Waals surface area contributed by atoms with E-state index in [9.17, 15) is 13.0 Å². The van der Waals surface area contributed by atoms with E-state index in [-0.39, 0.29) is 16.5 Å². The van der Waals surface area contributed by atoms with Crippen LogP contribution in [0.5, 0.6) is 0 Å². The molecule has 0 saturated carbocycles. The summed E-state index contributed by atoms with van der Waals surface area (Å²) in [6.07, 6.45) is 0. The molecule has 21 heavy (non-hydrogen) atoms. The van der Waals surface area contributed by atoms with Crippen LogP contribution in [0.15, 0.2) is 45.7 Å². The van der Waals surface area contributed by atoms with Crippen molar-refractivity contribution in [2.45, 2.75) is 10.6 Å². The van der Waals surface area contributed by atoms with Gasteiger partial charge in [-0.1, -0.05) is 0 Å². The van der Waals surface area contributed by atoms with Gasteiger partial charge in [-0.15, -0.1) is 0 Å². The lowest BCUT2D eigenvalue weighted by molar-refractivity contribution is 0.548. The van der Waals surface area contributed by atoms with Crippen LogP contribution < -0.4 is 5.73 Å². The molecule has 0 radical (unpaired) electrons. The molecule has 7 heteroatoms. The maximum absolute atomic E-state index is 13.6. The number of aromatic nitrogens is 1. The molecule has 1 aromatic heterocycles. The molecule has 0 fully saturated rings. The standard InChI is InChI=1S/C14H10F2N2O2S/c15-8-1-4-13(10(16)5-8)21(19)7-14-18-11-6-9(17)2-3-12(11)20-14/h1-6H,7,17H2. The lowest BCUT2D eigenvalue weighted by Crippen LogP contribution is -2.00. The Balaban J connectivity index is 1.89. The van der Waals surface area contributed by atoms with Gasteiger partial charge in [-0.05, 0) is 30.3 Å². The van der Waals surface area contributed by atoms with Crippen molar-refractivity contribution in [3.8, 4) is 0 Å². The Bertz CT molecular complexity index is 848. The summed E-state index contributed by atoms with van der Waals surface area (Å²) in [4.78, 5) is 4.06. The number of oxazole rings is 1. The van der Waals surface area contributed by atoms with E-state index in [2.05, 4.69) is 4.98 Å². The zero-order valence-electron chi connectivity index (χ0n) is 10.7. The fourth-order valence-corrected chi connectivity index (χ4v) is 2.90. The minimum absolute atomic E-state index is 0.0850. The Morgan fingerprint density at radius 3 is 2.76 bits per heavy atom. The van der Waals surface area contributed by atoms with Crippen LogP contribution in [0.1, 0.15) is 5.89 Å². The number of hydrogen-bond donors (Lipinski definition) is 1. The summed E-state index contributed by atoms with van der Waals surface area (Å²) in [6, 6.07) is 7.85. The van der Waals surface area contributed by atoms with Crippen molar-refractivity contribution in [1.29, 1.82) is 0 Å². The smallest absolute Gasteiger partial charge is 0.208 e. The summed E-state index contributed by atoms with van der Waals surface area (Å²) >= 11 is 0. The first kappa shape index (κ1) is 13.7. The number of halogens is 2. The van der Waals surface area contributed by atoms with Crippen molar-refractivity contribution in [3.05, 3.63) is 53.9 Å². The number of nitrogen functional groups attached to an aromatic ring is 1. The lowest BCUT2D eigenvalue weighted by atomic mass is 10.3. The van der Waals surface area contributed by atoms with Gasteiger partial charge < -0.3 is 10.2 Å². The van der Waals surface area contributed by atoms with E-state index in [0.29, 0.717) is 22.9 Å². The summed E-state index contributed by atoms with van der Waals surface area (Å²) in [5, 5.41) is 0. The number of nitrogens with zero attached hydrogens (tertiary/aromatic N) is 1. The number of anilines is 1. The number of hydrogen-bond acceptors (Lipinski definition) is 4. The van der Waals surface area contributed by atoms with Crippen LogP contribution in [0.4, 0.5) is 14.5 Å². The summed E-state index contributed by atoms with van der Waals surface area (Å²) in [7, 11) is -1.72. The summed E-state index contributed by atoms with van der Waals surface area (Å²) < 4.78 is 43.9. The fourth-order valence-electron chi connectivity index (χ4n) is 1.90. The van der Waals surface area contributed by atoms with Gasteiger partial charge in [-0.2, -0.15) is 0 Å². The van der Waals surface area contributed by atoms with Gasteiger partial charge in [-0.25, -0.2) is 13.8 Å².